The second kappa shape index (κ2) is 12.8. The number of hydrogen-bond acceptors (Lipinski definition) is 6. The van der Waals surface area contributed by atoms with E-state index >= 15 is 0 Å². The van der Waals surface area contributed by atoms with E-state index in [-0.39, 0.29) is 13.0 Å². The fourth-order valence-electron chi connectivity index (χ4n) is 4.88. The number of nitrogens with one attached hydrogen (secondary N) is 4. The van der Waals surface area contributed by atoms with E-state index in [0.29, 0.717) is 16.9 Å². The van der Waals surface area contributed by atoms with Gasteiger partial charge in [0.1, 0.15) is 17.3 Å². The molecule has 0 aromatic heterocycles. The average Bonchev–Trinajstić information content (AvgIpc) is 3.03. The van der Waals surface area contributed by atoms with Crippen molar-refractivity contribution >= 4 is 34.6 Å². The number of urea groups is 1. The Balaban J connectivity index is 1.32. The third kappa shape index (κ3) is 6.79. The number of nitrogens with two attached hydrogens (primary N) is 1. The predicted octanol–water partition coefficient (Wildman–Crippen LogP) is 2.53. The van der Waals surface area contributed by atoms with Crippen molar-refractivity contribution in [3.63, 3.8) is 0 Å². The summed E-state index contributed by atoms with van der Waals surface area (Å²) < 4.78 is 5.89. The molecule has 4 aromatic rings. The van der Waals surface area contributed by atoms with E-state index in [0.717, 1.165) is 16.3 Å². The highest BCUT2D eigenvalue weighted by Crippen LogP contribution is 2.27. The monoisotopic (exact) mass is 595 g/mol. The van der Waals surface area contributed by atoms with Gasteiger partial charge in [-0.3, -0.25) is 14.4 Å². The van der Waals surface area contributed by atoms with Gasteiger partial charge in [0, 0.05) is 6.54 Å². The number of carboxylic acid groups (broad SMARTS) is 1. The molecule has 11 heteroatoms. The number of benzene rings is 4. The quantitative estimate of drug-likeness (QED) is 0.145. The SMILES string of the molecule is C[C@](NC(=O)NCc1ccccc1)(C(=O)N[C@H]1C(=O)N[C@@H]1Oc1ccc(C[C@H](N)C(=O)O)cc1)c1ccc2ccccc2c1. The number of carbonyl (C=O) groups is 4. The average molecular weight is 596 g/mol. The predicted molar refractivity (Wildman–Crippen MR) is 163 cm³/mol. The summed E-state index contributed by atoms with van der Waals surface area (Å²) in [6.45, 7) is 1.84. The molecule has 4 amide bonds. The van der Waals surface area contributed by atoms with Gasteiger partial charge in [-0.2, -0.15) is 0 Å². The summed E-state index contributed by atoms with van der Waals surface area (Å²) in [4.78, 5) is 50.6. The summed E-state index contributed by atoms with van der Waals surface area (Å²) in [6, 6.07) is 26.5. The Bertz CT molecular complexity index is 1680. The highest BCUT2D eigenvalue weighted by Gasteiger charge is 2.46. The van der Waals surface area contributed by atoms with Crippen molar-refractivity contribution in [2.45, 2.75) is 43.7 Å². The fourth-order valence-corrected chi connectivity index (χ4v) is 4.88. The van der Waals surface area contributed by atoms with E-state index in [4.69, 9.17) is 15.6 Å². The van der Waals surface area contributed by atoms with Crippen LogP contribution >= 0.6 is 0 Å². The lowest BCUT2D eigenvalue weighted by Crippen LogP contribution is -2.73. The van der Waals surface area contributed by atoms with E-state index in [1.54, 1.807) is 37.3 Å². The van der Waals surface area contributed by atoms with E-state index in [1.807, 2.05) is 66.7 Å². The highest BCUT2D eigenvalue weighted by atomic mass is 16.5. The van der Waals surface area contributed by atoms with Crippen LogP contribution in [0.1, 0.15) is 23.6 Å². The van der Waals surface area contributed by atoms with Gasteiger partial charge in [0.2, 0.25) is 6.23 Å². The minimum Gasteiger partial charge on any atom is -0.480 e. The van der Waals surface area contributed by atoms with Crippen molar-refractivity contribution < 1.29 is 29.0 Å². The van der Waals surface area contributed by atoms with Crippen LogP contribution in [0.4, 0.5) is 4.79 Å². The van der Waals surface area contributed by atoms with Crippen molar-refractivity contribution in [3.8, 4) is 5.75 Å². The molecule has 1 fully saturated rings. The van der Waals surface area contributed by atoms with Gasteiger partial charge in [-0.1, -0.05) is 78.9 Å². The number of β-lactam (4-membered cyclic amide) rings is 1. The summed E-state index contributed by atoms with van der Waals surface area (Å²) in [5, 5.41) is 21.9. The number of carboxylic acids is 1. The lowest BCUT2D eigenvalue weighted by Gasteiger charge is -2.39. The van der Waals surface area contributed by atoms with Crippen molar-refractivity contribution in [2.75, 3.05) is 0 Å². The lowest BCUT2D eigenvalue weighted by atomic mass is 9.88. The first-order valence-corrected chi connectivity index (χ1v) is 14.1. The first-order chi connectivity index (χ1) is 21.1. The van der Waals surface area contributed by atoms with Crippen LogP contribution in [0.2, 0.25) is 0 Å². The molecule has 44 heavy (non-hydrogen) atoms. The lowest BCUT2D eigenvalue weighted by molar-refractivity contribution is -0.145. The number of amides is 4. The zero-order chi connectivity index (χ0) is 31.3. The molecule has 1 saturated heterocycles. The molecule has 4 aromatic carbocycles. The Kier molecular flexibility index (Phi) is 8.77. The summed E-state index contributed by atoms with van der Waals surface area (Å²) in [5.41, 5.74) is 6.17. The van der Waals surface area contributed by atoms with Gasteiger partial charge in [0.05, 0.1) is 0 Å². The van der Waals surface area contributed by atoms with Gasteiger partial charge in [-0.25, -0.2) is 4.79 Å². The van der Waals surface area contributed by atoms with E-state index in [9.17, 15) is 19.2 Å². The summed E-state index contributed by atoms with van der Waals surface area (Å²) in [6.07, 6.45) is -0.723. The molecule has 7 N–H and O–H groups in total. The Hall–Kier alpha value is -5.42. The molecule has 0 saturated carbocycles. The number of carbonyl (C=O) groups excluding carboxylic acids is 3. The molecule has 0 unspecified atom stereocenters. The largest absolute Gasteiger partial charge is 0.480 e. The van der Waals surface area contributed by atoms with Crippen molar-refractivity contribution in [1.82, 2.24) is 21.3 Å². The van der Waals surface area contributed by atoms with Gasteiger partial charge in [-0.15, -0.1) is 0 Å². The van der Waals surface area contributed by atoms with Gasteiger partial charge in [0.15, 0.2) is 6.04 Å². The maximum absolute atomic E-state index is 13.9. The van der Waals surface area contributed by atoms with E-state index in [1.165, 1.54) is 0 Å². The van der Waals surface area contributed by atoms with Crippen molar-refractivity contribution in [3.05, 3.63) is 114 Å². The molecule has 0 radical (unpaired) electrons. The first-order valence-electron chi connectivity index (χ1n) is 14.1. The Labute approximate surface area is 253 Å². The van der Waals surface area contributed by atoms with Crippen molar-refractivity contribution in [1.29, 1.82) is 0 Å². The number of aliphatic carboxylic acids is 1. The standard InChI is InChI=1S/C33H33N5O6/c1-33(24-14-13-22-9-5-6-10-23(22)18-24,38-32(43)35-19-21-7-3-2-4-8-21)31(42)36-27-28(39)37-29(27)44-25-15-11-20(12-16-25)17-26(34)30(40)41/h2-16,18,26-27,29H,17,19,34H2,1H3,(H,36,42)(H,37,39)(H,40,41)(H2,35,38,43)/t26-,27-,29+,33+/m0/s1. The molecule has 1 aliphatic rings. The highest BCUT2D eigenvalue weighted by molar-refractivity contribution is 5.98. The van der Waals surface area contributed by atoms with Gasteiger partial charge in [-0.05, 0) is 59.0 Å². The van der Waals surface area contributed by atoms with Crippen LogP contribution in [0.5, 0.6) is 5.75 Å². The third-order valence-corrected chi connectivity index (χ3v) is 7.56. The van der Waals surface area contributed by atoms with Crippen LogP contribution in [0, 0.1) is 0 Å². The molecule has 11 nitrogen and oxygen atoms in total. The smallest absolute Gasteiger partial charge is 0.320 e. The first kappa shape index (κ1) is 30.1. The second-order valence-corrected chi connectivity index (χ2v) is 10.8. The van der Waals surface area contributed by atoms with Gasteiger partial charge >= 0.3 is 12.0 Å². The molecule has 1 aliphatic heterocycles. The Morgan fingerprint density at radius 1 is 0.932 bits per heavy atom. The zero-order valence-corrected chi connectivity index (χ0v) is 23.9. The molecule has 4 atom stereocenters. The van der Waals surface area contributed by atoms with Gasteiger partial charge < -0.3 is 36.8 Å². The molecule has 0 spiro atoms. The normalized spacial score (nSPS) is 17.7. The zero-order valence-electron chi connectivity index (χ0n) is 23.9. The minimum absolute atomic E-state index is 0.147. The Morgan fingerprint density at radius 2 is 1.61 bits per heavy atom. The summed E-state index contributed by atoms with van der Waals surface area (Å²) >= 11 is 0. The molecule has 5 rings (SSSR count). The topological polar surface area (TPSA) is 172 Å². The van der Waals surface area contributed by atoms with Crippen LogP contribution in [0.15, 0.2) is 97.1 Å². The van der Waals surface area contributed by atoms with Crippen LogP contribution in [0.25, 0.3) is 10.8 Å². The van der Waals surface area contributed by atoms with E-state index in [2.05, 4.69) is 21.3 Å². The number of rotatable bonds is 11. The second-order valence-electron chi connectivity index (χ2n) is 10.8. The molecule has 1 heterocycles. The summed E-state index contributed by atoms with van der Waals surface area (Å²) in [5.74, 6) is -1.74. The van der Waals surface area contributed by atoms with Gasteiger partial charge in [0.25, 0.3) is 11.8 Å². The van der Waals surface area contributed by atoms with Crippen LogP contribution in [-0.2, 0) is 32.9 Å². The maximum atomic E-state index is 13.9. The minimum atomic E-state index is -1.56. The fraction of sp³-hybridized carbons (Fsp3) is 0.212. The molecule has 0 aliphatic carbocycles. The molecule has 0 bridgehead atoms. The van der Waals surface area contributed by atoms with Crippen LogP contribution in [0.3, 0.4) is 0 Å². The third-order valence-electron chi connectivity index (χ3n) is 7.56. The Morgan fingerprint density at radius 3 is 2.30 bits per heavy atom. The number of ether oxygens (including phenoxy) is 1. The van der Waals surface area contributed by atoms with Crippen molar-refractivity contribution in [2.24, 2.45) is 5.73 Å². The number of hydrogen-bond donors (Lipinski definition) is 6. The summed E-state index contributed by atoms with van der Waals surface area (Å²) in [7, 11) is 0. The molecular formula is C33H33N5O6. The molecule has 226 valence electrons. The number of fused-ring (bicyclic) bond motifs is 1. The van der Waals surface area contributed by atoms with Crippen LogP contribution < -0.4 is 31.7 Å². The maximum Gasteiger partial charge on any atom is 0.320 e. The van der Waals surface area contributed by atoms with E-state index < -0.39 is 47.7 Å². The molecular weight excluding hydrogens is 562 g/mol. The van der Waals surface area contributed by atoms with Crippen LogP contribution in [-0.4, -0.2) is 47.2 Å².